The number of benzene rings is 1. The van der Waals surface area contributed by atoms with Gasteiger partial charge in [-0.2, -0.15) is 0 Å². The summed E-state index contributed by atoms with van der Waals surface area (Å²) in [5, 5.41) is 3.05. The highest BCUT2D eigenvalue weighted by Gasteiger charge is 2.11. The fourth-order valence-corrected chi connectivity index (χ4v) is 1.14. The number of carbonyl (C=O) groups excluding carboxylic acids is 1. The van der Waals surface area contributed by atoms with Crippen molar-refractivity contribution in [2.75, 3.05) is 12.4 Å². The third kappa shape index (κ3) is 2.76. The Labute approximate surface area is 84.1 Å². The molecule has 1 N–H and O–H groups in total. The molecule has 1 aromatic carbocycles. The van der Waals surface area contributed by atoms with Crippen molar-refractivity contribution < 1.29 is 9.53 Å². The number of aryl methyl sites for hydroxylation is 1. The van der Waals surface area contributed by atoms with Crippen LogP contribution in [0.3, 0.4) is 0 Å². The first kappa shape index (κ1) is 10.6. The lowest BCUT2D eigenvalue weighted by Crippen LogP contribution is -2.27. The minimum Gasteiger partial charge on any atom is -0.467 e. The van der Waals surface area contributed by atoms with Crippen LogP contribution in [0.25, 0.3) is 0 Å². The first-order valence-electron chi connectivity index (χ1n) is 4.54. The largest absolute Gasteiger partial charge is 0.467 e. The number of nitrogens with one attached hydrogen (secondary N) is 1. The van der Waals surface area contributed by atoms with Gasteiger partial charge in [-0.05, 0) is 26.0 Å². The normalized spacial score (nSPS) is 11.9. The van der Waals surface area contributed by atoms with Crippen LogP contribution in [0.1, 0.15) is 12.5 Å². The van der Waals surface area contributed by atoms with Gasteiger partial charge in [0.05, 0.1) is 7.11 Å². The molecule has 0 saturated carbocycles. The number of hydrogen-bond donors (Lipinski definition) is 1. The molecule has 1 rings (SSSR count). The molecule has 3 heteroatoms. The Hall–Kier alpha value is -1.51. The molecule has 0 saturated heterocycles. The van der Waals surface area contributed by atoms with Gasteiger partial charge in [-0.15, -0.1) is 0 Å². The molecular formula is C11H15NO2. The maximum Gasteiger partial charge on any atom is 0.327 e. The van der Waals surface area contributed by atoms with Crippen LogP contribution in [0.5, 0.6) is 0 Å². The maximum atomic E-state index is 11.1. The van der Waals surface area contributed by atoms with Crippen LogP contribution in [0.2, 0.25) is 0 Å². The Balaban J connectivity index is 2.60. The van der Waals surface area contributed by atoms with Gasteiger partial charge in [-0.25, -0.2) is 4.79 Å². The van der Waals surface area contributed by atoms with Crippen LogP contribution in [0.4, 0.5) is 5.69 Å². The summed E-state index contributed by atoms with van der Waals surface area (Å²) in [6.07, 6.45) is 0. The van der Waals surface area contributed by atoms with E-state index in [-0.39, 0.29) is 12.0 Å². The number of carbonyl (C=O) groups is 1. The number of hydrogen-bond acceptors (Lipinski definition) is 3. The van der Waals surface area contributed by atoms with Crippen LogP contribution in [-0.4, -0.2) is 19.1 Å². The molecule has 76 valence electrons. The van der Waals surface area contributed by atoms with Crippen molar-refractivity contribution in [2.24, 2.45) is 0 Å². The van der Waals surface area contributed by atoms with Crippen LogP contribution in [-0.2, 0) is 9.53 Å². The standard InChI is InChI=1S/C11H15NO2/c1-8-4-6-10(7-5-8)12-9(2)11(13)14-3/h4-7,9,12H,1-3H3/t9-/m0/s1. The second-order valence-electron chi connectivity index (χ2n) is 3.26. The molecular weight excluding hydrogens is 178 g/mol. The Morgan fingerprint density at radius 2 is 1.93 bits per heavy atom. The smallest absolute Gasteiger partial charge is 0.327 e. The summed E-state index contributed by atoms with van der Waals surface area (Å²) in [5.41, 5.74) is 2.12. The second kappa shape index (κ2) is 4.65. The molecule has 0 unspecified atom stereocenters. The van der Waals surface area contributed by atoms with Crippen molar-refractivity contribution >= 4 is 11.7 Å². The van der Waals surface area contributed by atoms with Gasteiger partial charge in [0.15, 0.2) is 0 Å². The lowest BCUT2D eigenvalue weighted by molar-refractivity contribution is -0.141. The lowest BCUT2D eigenvalue weighted by Gasteiger charge is -2.12. The summed E-state index contributed by atoms with van der Waals surface area (Å²) in [5.74, 6) is -0.259. The van der Waals surface area contributed by atoms with Crippen molar-refractivity contribution in [2.45, 2.75) is 19.9 Å². The third-order valence-electron chi connectivity index (χ3n) is 1.99. The average molecular weight is 193 g/mol. The summed E-state index contributed by atoms with van der Waals surface area (Å²) >= 11 is 0. The molecule has 0 aliphatic heterocycles. The second-order valence-corrected chi connectivity index (χ2v) is 3.26. The molecule has 0 aliphatic rings. The van der Waals surface area contributed by atoms with E-state index in [0.717, 1.165) is 5.69 Å². The van der Waals surface area contributed by atoms with Crippen LogP contribution in [0, 0.1) is 6.92 Å². The Bertz CT molecular complexity index is 306. The third-order valence-corrected chi connectivity index (χ3v) is 1.99. The quantitative estimate of drug-likeness (QED) is 0.746. The van der Waals surface area contributed by atoms with Crippen LogP contribution < -0.4 is 5.32 Å². The van der Waals surface area contributed by atoms with Gasteiger partial charge in [0.25, 0.3) is 0 Å². The topological polar surface area (TPSA) is 38.3 Å². The van der Waals surface area contributed by atoms with E-state index in [1.165, 1.54) is 12.7 Å². The van der Waals surface area contributed by atoms with E-state index in [1.807, 2.05) is 31.2 Å². The molecule has 0 bridgehead atoms. The van der Waals surface area contributed by atoms with E-state index >= 15 is 0 Å². The van der Waals surface area contributed by atoms with Gasteiger partial charge < -0.3 is 10.1 Å². The molecule has 0 spiro atoms. The van der Waals surface area contributed by atoms with E-state index in [1.54, 1.807) is 6.92 Å². The lowest BCUT2D eigenvalue weighted by atomic mass is 10.2. The van der Waals surface area contributed by atoms with E-state index in [0.29, 0.717) is 0 Å². The number of esters is 1. The molecule has 1 atom stereocenters. The van der Waals surface area contributed by atoms with Gasteiger partial charge in [0.2, 0.25) is 0 Å². The first-order valence-corrected chi connectivity index (χ1v) is 4.54. The fraction of sp³-hybridized carbons (Fsp3) is 0.364. The van der Waals surface area contributed by atoms with Crippen molar-refractivity contribution in [3.8, 4) is 0 Å². The highest BCUT2D eigenvalue weighted by Crippen LogP contribution is 2.10. The van der Waals surface area contributed by atoms with E-state index in [9.17, 15) is 4.79 Å². The summed E-state index contributed by atoms with van der Waals surface area (Å²) in [7, 11) is 1.38. The SMILES string of the molecule is COC(=O)[C@H](C)Nc1ccc(C)cc1. The van der Waals surface area contributed by atoms with E-state index < -0.39 is 0 Å². The summed E-state index contributed by atoms with van der Waals surface area (Å²) in [6, 6.07) is 7.55. The van der Waals surface area contributed by atoms with Crippen molar-refractivity contribution in [1.29, 1.82) is 0 Å². The van der Waals surface area contributed by atoms with E-state index in [2.05, 4.69) is 10.1 Å². The van der Waals surface area contributed by atoms with Gasteiger partial charge in [0, 0.05) is 5.69 Å². The molecule has 1 aromatic rings. The van der Waals surface area contributed by atoms with Gasteiger partial charge in [-0.1, -0.05) is 17.7 Å². The molecule has 14 heavy (non-hydrogen) atoms. The predicted octanol–water partition coefficient (Wildman–Crippen LogP) is 1.97. The van der Waals surface area contributed by atoms with Gasteiger partial charge in [-0.3, -0.25) is 0 Å². The first-order chi connectivity index (χ1) is 6.63. The highest BCUT2D eigenvalue weighted by molar-refractivity contribution is 5.78. The fourth-order valence-electron chi connectivity index (χ4n) is 1.14. The molecule has 0 aliphatic carbocycles. The average Bonchev–Trinajstić information content (AvgIpc) is 2.20. The summed E-state index contributed by atoms with van der Waals surface area (Å²) in [4.78, 5) is 11.1. The van der Waals surface area contributed by atoms with E-state index in [4.69, 9.17) is 0 Å². The minimum absolute atomic E-state index is 0.259. The van der Waals surface area contributed by atoms with Crippen LogP contribution >= 0.6 is 0 Å². The summed E-state index contributed by atoms with van der Waals surface area (Å²) < 4.78 is 4.61. The number of ether oxygens (including phenoxy) is 1. The Kier molecular flexibility index (Phi) is 3.51. The van der Waals surface area contributed by atoms with Gasteiger partial charge in [0.1, 0.15) is 6.04 Å². The number of rotatable bonds is 3. The summed E-state index contributed by atoms with van der Waals surface area (Å²) in [6.45, 7) is 3.79. The highest BCUT2D eigenvalue weighted by atomic mass is 16.5. The number of anilines is 1. The van der Waals surface area contributed by atoms with Crippen molar-refractivity contribution in [1.82, 2.24) is 0 Å². The zero-order chi connectivity index (χ0) is 10.6. The molecule has 0 aromatic heterocycles. The zero-order valence-electron chi connectivity index (χ0n) is 8.70. The molecule has 0 radical (unpaired) electrons. The molecule has 0 heterocycles. The molecule has 3 nitrogen and oxygen atoms in total. The number of methoxy groups -OCH3 is 1. The van der Waals surface area contributed by atoms with Crippen LogP contribution in [0.15, 0.2) is 24.3 Å². The minimum atomic E-state index is -0.317. The Morgan fingerprint density at radius 3 is 2.43 bits per heavy atom. The van der Waals surface area contributed by atoms with Gasteiger partial charge >= 0.3 is 5.97 Å². The van der Waals surface area contributed by atoms with Crippen molar-refractivity contribution in [3.05, 3.63) is 29.8 Å². The van der Waals surface area contributed by atoms with Crippen molar-refractivity contribution in [3.63, 3.8) is 0 Å². The maximum absolute atomic E-state index is 11.1. The monoisotopic (exact) mass is 193 g/mol. The predicted molar refractivity (Wildman–Crippen MR) is 56.3 cm³/mol. The molecule has 0 fully saturated rings. The Morgan fingerprint density at radius 1 is 1.36 bits per heavy atom. The zero-order valence-corrected chi connectivity index (χ0v) is 8.70. The molecule has 0 amide bonds.